The summed E-state index contributed by atoms with van der Waals surface area (Å²) >= 11 is 1.92. The Labute approximate surface area is 211 Å². The molecule has 8 heteroatoms. The maximum absolute atomic E-state index is 9.55. The number of thioether (sulfide) groups is 1. The van der Waals surface area contributed by atoms with Crippen LogP contribution in [-0.4, -0.2) is 60.8 Å². The number of hydrogen-bond acceptors (Lipinski definition) is 6. The minimum Gasteiger partial charge on any atom is -0.490 e. The van der Waals surface area contributed by atoms with Gasteiger partial charge < -0.3 is 25.0 Å². The van der Waals surface area contributed by atoms with Crippen LogP contribution in [0.15, 0.2) is 65.6 Å². The zero-order chi connectivity index (χ0) is 25.3. The van der Waals surface area contributed by atoms with Crippen LogP contribution >= 0.6 is 11.8 Å². The maximum Gasteiger partial charge on any atom is 0.328 e. The Morgan fingerprint density at radius 2 is 1.80 bits per heavy atom. The van der Waals surface area contributed by atoms with Crippen molar-refractivity contribution in [3.63, 3.8) is 0 Å². The SMILES string of the molecule is COC(CNCCCCc1ccccc1)COc1cccc2c1SCCC2.O=C(O)/C=C/C(=O)O. The number of ether oxygens (including phenoxy) is 2. The van der Waals surface area contributed by atoms with Gasteiger partial charge >= 0.3 is 11.9 Å². The second kappa shape index (κ2) is 16.8. The average molecular weight is 502 g/mol. The fourth-order valence-corrected chi connectivity index (χ4v) is 4.61. The highest BCUT2D eigenvalue weighted by Crippen LogP contribution is 2.37. The predicted molar refractivity (Wildman–Crippen MR) is 138 cm³/mol. The number of unbranched alkanes of at least 4 members (excludes halogenated alkanes) is 1. The number of carboxylic acid groups (broad SMARTS) is 2. The van der Waals surface area contributed by atoms with E-state index in [0.717, 1.165) is 31.7 Å². The highest BCUT2D eigenvalue weighted by atomic mass is 32.2. The second-order valence-electron chi connectivity index (χ2n) is 8.02. The molecule has 1 aliphatic rings. The number of carboxylic acids is 2. The van der Waals surface area contributed by atoms with E-state index in [1.54, 1.807) is 7.11 Å². The minimum absolute atomic E-state index is 0.0728. The van der Waals surface area contributed by atoms with E-state index in [4.69, 9.17) is 19.7 Å². The van der Waals surface area contributed by atoms with Crippen LogP contribution in [0.2, 0.25) is 0 Å². The Kier molecular flexibility index (Phi) is 13.6. The molecular formula is C27H35NO6S. The van der Waals surface area contributed by atoms with Gasteiger partial charge in [-0.3, -0.25) is 0 Å². The number of rotatable bonds is 13. The van der Waals surface area contributed by atoms with Crippen LogP contribution in [-0.2, 0) is 27.2 Å². The van der Waals surface area contributed by atoms with Gasteiger partial charge in [-0.2, -0.15) is 0 Å². The highest BCUT2D eigenvalue weighted by molar-refractivity contribution is 7.99. The van der Waals surface area contributed by atoms with Gasteiger partial charge in [0.15, 0.2) is 0 Å². The second-order valence-corrected chi connectivity index (χ2v) is 9.13. The molecule has 0 aromatic heterocycles. The fraction of sp³-hybridized carbons (Fsp3) is 0.407. The Bertz CT molecular complexity index is 919. The first-order valence-corrected chi connectivity index (χ1v) is 12.8. The number of benzene rings is 2. The van der Waals surface area contributed by atoms with E-state index in [9.17, 15) is 9.59 Å². The van der Waals surface area contributed by atoms with Crippen LogP contribution in [0.25, 0.3) is 0 Å². The predicted octanol–water partition coefficient (Wildman–Crippen LogP) is 4.44. The third kappa shape index (κ3) is 11.9. The standard InChI is InChI=1S/C23H31NO2S.C4H4O4/c1-25-21(17-24-15-6-5-11-19-9-3-2-4-10-19)18-26-22-14-7-12-20-13-8-16-27-23(20)22;5-3(6)1-2-4(7)8/h2-4,7,9-10,12,14,21,24H,5-6,8,11,13,15-18H2,1H3;1-2H,(H,5,6)(H,7,8)/b;2-1+. The van der Waals surface area contributed by atoms with Crippen LogP contribution in [0.3, 0.4) is 0 Å². The minimum atomic E-state index is -1.26. The van der Waals surface area contributed by atoms with Crippen molar-refractivity contribution in [2.24, 2.45) is 0 Å². The number of hydrogen-bond donors (Lipinski definition) is 3. The molecule has 3 N–H and O–H groups in total. The van der Waals surface area contributed by atoms with Gasteiger partial charge in [0.25, 0.3) is 0 Å². The zero-order valence-electron chi connectivity index (χ0n) is 20.2. The fourth-order valence-electron chi connectivity index (χ4n) is 3.49. The molecule has 0 radical (unpaired) electrons. The molecule has 35 heavy (non-hydrogen) atoms. The zero-order valence-corrected chi connectivity index (χ0v) is 21.0. The Balaban J connectivity index is 0.000000466. The Hall–Kier alpha value is -2.81. The molecule has 0 fully saturated rings. The molecule has 1 atom stereocenters. The van der Waals surface area contributed by atoms with Gasteiger partial charge in [0.1, 0.15) is 18.5 Å². The van der Waals surface area contributed by atoms with Crippen molar-refractivity contribution >= 4 is 23.7 Å². The molecule has 1 unspecified atom stereocenters. The van der Waals surface area contributed by atoms with Crippen LogP contribution in [0, 0.1) is 0 Å². The summed E-state index contributed by atoms with van der Waals surface area (Å²) in [6.07, 6.45) is 7.14. The number of nitrogens with one attached hydrogen (secondary N) is 1. The molecule has 0 saturated carbocycles. The molecule has 0 bridgehead atoms. The summed E-state index contributed by atoms with van der Waals surface area (Å²) in [5.74, 6) is -0.312. The van der Waals surface area contributed by atoms with Crippen molar-refractivity contribution in [3.8, 4) is 5.75 Å². The molecule has 1 heterocycles. The van der Waals surface area contributed by atoms with Gasteiger partial charge in [0.05, 0.1) is 4.90 Å². The lowest BCUT2D eigenvalue weighted by atomic mass is 10.1. The van der Waals surface area contributed by atoms with Crippen LogP contribution in [0.4, 0.5) is 0 Å². The van der Waals surface area contributed by atoms with E-state index in [2.05, 4.69) is 53.8 Å². The van der Waals surface area contributed by atoms with E-state index in [0.29, 0.717) is 18.8 Å². The van der Waals surface area contributed by atoms with Crippen molar-refractivity contribution in [2.45, 2.75) is 43.1 Å². The lowest BCUT2D eigenvalue weighted by Gasteiger charge is -2.21. The summed E-state index contributed by atoms with van der Waals surface area (Å²) in [6, 6.07) is 17.1. The molecular weight excluding hydrogens is 466 g/mol. The van der Waals surface area contributed by atoms with E-state index in [-0.39, 0.29) is 6.10 Å². The summed E-state index contributed by atoms with van der Waals surface area (Å²) in [5.41, 5.74) is 2.85. The molecule has 2 aromatic rings. The van der Waals surface area contributed by atoms with E-state index < -0.39 is 11.9 Å². The van der Waals surface area contributed by atoms with Gasteiger partial charge in [-0.15, -0.1) is 11.8 Å². The van der Waals surface area contributed by atoms with Gasteiger partial charge in [0.2, 0.25) is 0 Å². The Morgan fingerprint density at radius 3 is 2.49 bits per heavy atom. The molecule has 2 aromatic carbocycles. The summed E-state index contributed by atoms with van der Waals surface area (Å²) in [4.78, 5) is 20.4. The largest absolute Gasteiger partial charge is 0.490 e. The average Bonchev–Trinajstić information content (AvgIpc) is 2.87. The summed E-state index contributed by atoms with van der Waals surface area (Å²) < 4.78 is 11.7. The summed E-state index contributed by atoms with van der Waals surface area (Å²) in [6.45, 7) is 2.43. The number of carbonyl (C=O) groups is 2. The first-order valence-electron chi connectivity index (χ1n) is 11.8. The van der Waals surface area contributed by atoms with Gasteiger partial charge in [0, 0.05) is 25.8 Å². The van der Waals surface area contributed by atoms with Crippen LogP contribution < -0.4 is 10.1 Å². The van der Waals surface area contributed by atoms with Gasteiger partial charge in [-0.05, 0) is 61.6 Å². The quantitative estimate of drug-likeness (QED) is 0.273. The lowest BCUT2D eigenvalue weighted by molar-refractivity contribution is -0.134. The van der Waals surface area contributed by atoms with Gasteiger partial charge in [-0.25, -0.2) is 9.59 Å². The summed E-state index contributed by atoms with van der Waals surface area (Å²) in [5, 5.41) is 19.1. The van der Waals surface area contributed by atoms with E-state index in [1.807, 2.05) is 11.8 Å². The molecule has 1 aliphatic heterocycles. The highest BCUT2D eigenvalue weighted by Gasteiger charge is 2.16. The van der Waals surface area contributed by atoms with Crippen molar-refractivity contribution < 1.29 is 29.3 Å². The third-order valence-corrected chi connectivity index (χ3v) is 6.55. The first-order chi connectivity index (χ1) is 17.0. The smallest absolute Gasteiger partial charge is 0.328 e. The molecule has 190 valence electrons. The normalized spacial score (nSPS) is 13.4. The molecule has 0 amide bonds. The van der Waals surface area contributed by atoms with Crippen LogP contribution in [0.5, 0.6) is 5.75 Å². The van der Waals surface area contributed by atoms with Crippen molar-refractivity contribution in [1.82, 2.24) is 5.32 Å². The van der Waals surface area contributed by atoms with Crippen molar-refractivity contribution in [2.75, 3.05) is 32.6 Å². The monoisotopic (exact) mass is 501 g/mol. The maximum atomic E-state index is 9.55. The molecule has 7 nitrogen and oxygen atoms in total. The first kappa shape index (κ1) is 28.4. The van der Waals surface area contributed by atoms with E-state index >= 15 is 0 Å². The molecule has 0 aliphatic carbocycles. The Morgan fingerprint density at radius 1 is 1.06 bits per heavy atom. The van der Waals surface area contributed by atoms with Gasteiger partial charge in [-0.1, -0.05) is 42.5 Å². The summed E-state index contributed by atoms with van der Waals surface area (Å²) in [7, 11) is 1.76. The van der Waals surface area contributed by atoms with E-state index in [1.165, 1.54) is 41.0 Å². The molecule has 0 spiro atoms. The molecule has 0 saturated heterocycles. The number of fused-ring (bicyclic) bond motifs is 1. The number of methoxy groups -OCH3 is 1. The lowest BCUT2D eigenvalue weighted by Crippen LogP contribution is -2.33. The number of aryl methyl sites for hydroxylation is 2. The van der Waals surface area contributed by atoms with Crippen molar-refractivity contribution in [1.29, 1.82) is 0 Å². The topological polar surface area (TPSA) is 105 Å². The van der Waals surface area contributed by atoms with Crippen molar-refractivity contribution in [3.05, 3.63) is 71.8 Å². The number of aliphatic carboxylic acids is 2. The van der Waals surface area contributed by atoms with Crippen LogP contribution in [0.1, 0.15) is 30.4 Å². The third-order valence-electron chi connectivity index (χ3n) is 5.31. The molecule has 3 rings (SSSR count).